The predicted octanol–water partition coefficient (Wildman–Crippen LogP) is 3.66. The Kier molecular flexibility index (Phi) is 10.3. The molecule has 2 unspecified atom stereocenters. The van der Waals surface area contributed by atoms with Gasteiger partial charge in [-0.15, -0.1) is 0 Å². The van der Waals surface area contributed by atoms with Crippen molar-refractivity contribution < 1.29 is 38.1 Å². The van der Waals surface area contributed by atoms with Gasteiger partial charge in [0.05, 0.1) is 57.1 Å². The number of aliphatic imine (C=N–C) groups is 1. The molecule has 0 spiro atoms. The minimum Gasteiger partial charge on any atom is -0.493 e. The van der Waals surface area contributed by atoms with E-state index >= 15 is 0 Å². The molecule has 11 nitrogen and oxygen atoms in total. The van der Waals surface area contributed by atoms with Crippen LogP contribution in [0.1, 0.15) is 44.7 Å². The van der Waals surface area contributed by atoms with Gasteiger partial charge in [0.1, 0.15) is 6.61 Å². The van der Waals surface area contributed by atoms with E-state index in [9.17, 15) is 14.4 Å². The smallest absolute Gasteiger partial charge is 0.338 e. The second-order valence-electron chi connectivity index (χ2n) is 9.71. The van der Waals surface area contributed by atoms with Gasteiger partial charge in [0, 0.05) is 31.5 Å². The lowest BCUT2D eigenvalue weighted by molar-refractivity contribution is -0.151. The van der Waals surface area contributed by atoms with Crippen molar-refractivity contribution in [2.75, 3.05) is 54.2 Å². The number of piperidine rings is 1. The van der Waals surface area contributed by atoms with Crippen LogP contribution in [-0.4, -0.2) is 87.1 Å². The second kappa shape index (κ2) is 13.9. The van der Waals surface area contributed by atoms with Crippen LogP contribution in [0.25, 0.3) is 0 Å². The fourth-order valence-corrected chi connectivity index (χ4v) is 6.23. The molecule has 0 aliphatic carbocycles. The number of hydrogen-bond acceptors (Lipinski definition) is 11. The molecule has 4 rings (SSSR count). The number of rotatable bonds is 11. The Morgan fingerprint density at radius 1 is 1.10 bits per heavy atom. The Bertz CT molecular complexity index is 1260. The van der Waals surface area contributed by atoms with E-state index in [1.54, 1.807) is 39.0 Å². The van der Waals surface area contributed by atoms with Gasteiger partial charge in [-0.1, -0.05) is 23.9 Å². The number of amidine groups is 1. The third-order valence-corrected chi connectivity index (χ3v) is 8.08. The van der Waals surface area contributed by atoms with Crippen molar-refractivity contribution in [1.29, 1.82) is 0 Å². The predicted molar refractivity (Wildman–Crippen MR) is 153 cm³/mol. The maximum absolute atomic E-state index is 13.6. The lowest BCUT2D eigenvalue weighted by Gasteiger charge is -2.38. The summed E-state index contributed by atoms with van der Waals surface area (Å²) in [5.74, 6) is -0.280. The van der Waals surface area contributed by atoms with Crippen LogP contribution in [0.5, 0.6) is 11.5 Å². The molecular weight excluding hydrogens is 550 g/mol. The van der Waals surface area contributed by atoms with Crippen molar-refractivity contribution in [2.45, 2.75) is 39.2 Å². The van der Waals surface area contributed by atoms with Gasteiger partial charge in [-0.25, -0.2) is 9.79 Å². The summed E-state index contributed by atoms with van der Waals surface area (Å²) in [4.78, 5) is 47.8. The first-order valence-electron chi connectivity index (χ1n) is 13.6. The van der Waals surface area contributed by atoms with E-state index < -0.39 is 12.0 Å². The molecule has 0 saturated carbocycles. The van der Waals surface area contributed by atoms with E-state index in [1.165, 1.54) is 18.9 Å². The molecule has 1 aromatic rings. The Morgan fingerprint density at radius 3 is 2.61 bits per heavy atom. The number of ether oxygens (including phenoxy) is 5. The Morgan fingerprint density at radius 2 is 1.90 bits per heavy atom. The molecule has 0 bridgehead atoms. The monoisotopic (exact) mass is 587 g/mol. The van der Waals surface area contributed by atoms with Gasteiger partial charge in [0.25, 0.3) is 0 Å². The minimum absolute atomic E-state index is 0.0649. The molecule has 1 fully saturated rings. The summed E-state index contributed by atoms with van der Waals surface area (Å²) < 4.78 is 27.1. The lowest BCUT2D eigenvalue weighted by atomic mass is 9.92. The first kappa shape index (κ1) is 30.4. The van der Waals surface area contributed by atoms with Crippen molar-refractivity contribution in [1.82, 2.24) is 9.80 Å². The van der Waals surface area contributed by atoms with Gasteiger partial charge in [-0.2, -0.15) is 0 Å². The van der Waals surface area contributed by atoms with Gasteiger partial charge >= 0.3 is 11.9 Å². The molecule has 41 heavy (non-hydrogen) atoms. The first-order valence-corrected chi connectivity index (χ1v) is 14.5. The number of nitrogens with zero attached hydrogens (tertiary/aromatic N) is 3. The van der Waals surface area contributed by atoms with Crippen LogP contribution in [0.15, 0.2) is 45.6 Å². The molecule has 0 radical (unpaired) electrons. The second-order valence-corrected chi connectivity index (χ2v) is 10.5. The van der Waals surface area contributed by atoms with E-state index in [4.69, 9.17) is 28.7 Å². The number of hydrogen-bond donors (Lipinski definition) is 0. The molecule has 1 saturated heterocycles. The largest absolute Gasteiger partial charge is 0.493 e. The number of carbonyl (C=O) groups is 3. The molecule has 222 valence electrons. The van der Waals surface area contributed by atoms with Crippen LogP contribution >= 0.6 is 11.8 Å². The highest BCUT2D eigenvalue weighted by Gasteiger charge is 2.43. The maximum Gasteiger partial charge on any atom is 0.338 e. The summed E-state index contributed by atoms with van der Waals surface area (Å²) in [5.41, 5.74) is 2.19. The fourth-order valence-electron chi connectivity index (χ4n) is 5.27. The number of para-hydroxylation sites is 1. The van der Waals surface area contributed by atoms with Crippen LogP contribution in [-0.2, 0) is 28.6 Å². The number of thioether (sulfide) groups is 1. The molecule has 0 N–H and O–H groups in total. The van der Waals surface area contributed by atoms with E-state index in [0.717, 1.165) is 6.42 Å². The summed E-state index contributed by atoms with van der Waals surface area (Å²) in [7, 11) is 4.63. The van der Waals surface area contributed by atoms with Crippen LogP contribution in [0.2, 0.25) is 0 Å². The van der Waals surface area contributed by atoms with E-state index in [2.05, 4.69) is 0 Å². The third kappa shape index (κ3) is 6.54. The fraction of sp³-hybridized carbons (Fsp3) is 0.517. The van der Waals surface area contributed by atoms with E-state index in [-0.39, 0.29) is 37.4 Å². The molecule has 12 heteroatoms. The normalized spacial score (nSPS) is 20.2. The quantitative estimate of drug-likeness (QED) is 0.281. The summed E-state index contributed by atoms with van der Waals surface area (Å²) >= 11 is 1.39. The van der Waals surface area contributed by atoms with Gasteiger partial charge in [0.15, 0.2) is 16.7 Å². The number of amides is 1. The number of esters is 2. The van der Waals surface area contributed by atoms with Crippen LogP contribution in [0.3, 0.4) is 0 Å². The SMILES string of the molecule is CCOC(=O)C1CCCN(C(=O)CC2=CSC3=NC(C)=C(C(=O)OCCOC)C(c4cccc(OC)c4OC)N23)C1. The number of benzene rings is 1. The molecule has 1 amide bonds. The highest BCUT2D eigenvalue weighted by Crippen LogP contribution is 2.48. The number of likely N-dealkylation sites (tertiary alicyclic amines) is 1. The van der Waals surface area contributed by atoms with Crippen molar-refractivity contribution in [3.63, 3.8) is 0 Å². The Labute approximate surface area is 244 Å². The molecular formula is C29H37N3O8S. The van der Waals surface area contributed by atoms with Gasteiger partial charge in [-0.3, -0.25) is 9.59 Å². The molecule has 2 atom stereocenters. The van der Waals surface area contributed by atoms with E-state index in [1.807, 2.05) is 22.4 Å². The van der Waals surface area contributed by atoms with Crippen molar-refractivity contribution in [3.8, 4) is 11.5 Å². The third-order valence-electron chi connectivity index (χ3n) is 7.20. The number of carbonyl (C=O) groups excluding carboxylic acids is 3. The van der Waals surface area contributed by atoms with Gasteiger partial charge in [0.2, 0.25) is 5.91 Å². The number of fused-ring (bicyclic) bond motifs is 1. The molecule has 0 aromatic heterocycles. The summed E-state index contributed by atoms with van der Waals surface area (Å²) in [6.07, 6.45) is 1.48. The van der Waals surface area contributed by atoms with E-state index in [0.29, 0.717) is 65.3 Å². The zero-order valence-electron chi connectivity index (χ0n) is 24.1. The number of methoxy groups -OCH3 is 3. The average molecular weight is 588 g/mol. The standard InChI is InChI=1S/C29H37N3O8S/c1-6-39-27(34)19-9-8-12-31(16-19)23(33)15-20-17-41-29-30-18(2)24(28(35)40-14-13-36-3)25(32(20)29)21-10-7-11-22(37-4)26(21)38-5/h7,10-11,17,19,25H,6,8-9,12-16H2,1-5H3. The van der Waals surface area contributed by atoms with Gasteiger partial charge < -0.3 is 33.5 Å². The van der Waals surface area contributed by atoms with Crippen molar-refractivity contribution in [2.24, 2.45) is 10.9 Å². The summed E-state index contributed by atoms with van der Waals surface area (Å²) in [6.45, 7) is 5.07. The molecule has 1 aromatic carbocycles. The Hall–Kier alpha value is -3.51. The van der Waals surface area contributed by atoms with Crippen LogP contribution < -0.4 is 9.47 Å². The summed E-state index contributed by atoms with van der Waals surface area (Å²) in [5, 5.41) is 2.52. The summed E-state index contributed by atoms with van der Waals surface area (Å²) in [6, 6.07) is 4.78. The van der Waals surface area contributed by atoms with Crippen molar-refractivity contribution >= 4 is 34.8 Å². The molecule has 3 aliphatic rings. The molecule has 3 aliphatic heterocycles. The number of allylic oxidation sites excluding steroid dienone is 1. The van der Waals surface area contributed by atoms with Gasteiger partial charge in [-0.05, 0) is 38.2 Å². The van der Waals surface area contributed by atoms with Crippen molar-refractivity contribution in [3.05, 3.63) is 46.1 Å². The highest BCUT2D eigenvalue weighted by atomic mass is 32.2. The minimum atomic E-state index is -0.690. The highest BCUT2D eigenvalue weighted by molar-refractivity contribution is 8.16. The van der Waals surface area contributed by atoms with Crippen LogP contribution in [0.4, 0.5) is 0 Å². The maximum atomic E-state index is 13.6. The zero-order chi connectivity index (χ0) is 29.5. The Balaban J connectivity index is 1.67. The zero-order valence-corrected chi connectivity index (χ0v) is 25.0. The molecule has 3 heterocycles. The first-order chi connectivity index (χ1) is 19.8. The topological polar surface area (TPSA) is 116 Å². The lowest BCUT2D eigenvalue weighted by Crippen LogP contribution is -2.44. The average Bonchev–Trinajstić information content (AvgIpc) is 3.37. The van der Waals surface area contributed by atoms with Crippen LogP contribution in [0, 0.1) is 5.92 Å².